The van der Waals surface area contributed by atoms with Crippen molar-refractivity contribution in [3.8, 4) is 0 Å². The third kappa shape index (κ3) is 4.03. The number of benzene rings is 2. The smallest absolute Gasteiger partial charge is 0.228 e. The van der Waals surface area contributed by atoms with Crippen molar-refractivity contribution in [3.05, 3.63) is 65.7 Å². The summed E-state index contributed by atoms with van der Waals surface area (Å²) in [5.74, 6) is 0.00976. The fourth-order valence-electron chi connectivity index (χ4n) is 4.09. The van der Waals surface area contributed by atoms with Gasteiger partial charge in [0.25, 0.3) is 0 Å². The molecule has 2 fully saturated rings. The highest BCUT2D eigenvalue weighted by Gasteiger charge is 2.37. The number of piperazine rings is 1. The van der Waals surface area contributed by atoms with Crippen LogP contribution >= 0.6 is 0 Å². The number of amides is 2. The predicted octanol–water partition coefficient (Wildman–Crippen LogP) is 2.69. The maximum Gasteiger partial charge on any atom is 0.228 e. The Morgan fingerprint density at radius 2 is 1.64 bits per heavy atom. The Labute approximate surface area is 166 Å². The molecule has 0 aromatic heterocycles. The van der Waals surface area contributed by atoms with Gasteiger partial charge in [0.05, 0.1) is 5.92 Å². The van der Waals surface area contributed by atoms with E-state index in [9.17, 15) is 9.59 Å². The van der Waals surface area contributed by atoms with E-state index in [1.54, 1.807) is 0 Å². The number of rotatable bonds is 4. The molecule has 0 spiro atoms. The highest BCUT2D eigenvalue weighted by Crippen LogP contribution is 2.24. The van der Waals surface area contributed by atoms with Crippen LogP contribution in [-0.2, 0) is 16.1 Å². The molecule has 2 aromatic rings. The van der Waals surface area contributed by atoms with Crippen molar-refractivity contribution in [2.24, 2.45) is 5.92 Å². The summed E-state index contributed by atoms with van der Waals surface area (Å²) in [6, 6.07) is 18.5. The van der Waals surface area contributed by atoms with Gasteiger partial charge in [0, 0.05) is 51.4 Å². The van der Waals surface area contributed by atoms with Crippen molar-refractivity contribution in [2.45, 2.75) is 19.9 Å². The second-order valence-electron chi connectivity index (χ2n) is 7.81. The van der Waals surface area contributed by atoms with Crippen molar-refractivity contribution in [3.63, 3.8) is 0 Å². The number of para-hydroxylation sites is 1. The first-order valence-corrected chi connectivity index (χ1v) is 10.0. The molecule has 0 bridgehead atoms. The first-order valence-electron chi connectivity index (χ1n) is 10.0. The number of carbonyl (C=O) groups excluding carboxylic acids is 2. The molecule has 0 N–H and O–H groups in total. The summed E-state index contributed by atoms with van der Waals surface area (Å²) in [4.78, 5) is 31.5. The number of aryl methyl sites for hydroxylation is 1. The molecule has 5 nitrogen and oxygen atoms in total. The molecule has 0 saturated carbocycles. The van der Waals surface area contributed by atoms with E-state index in [4.69, 9.17) is 0 Å². The minimum Gasteiger partial charge on any atom is -0.368 e. The Morgan fingerprint density at radius 1 is 0.964 bits per heavy atom. The van der Waals surface area contributed by atoms with Gasteiger partial charge >= 0.3 is 0 Å². The van der Waals surface area contributed by atoms with E-state index in [0.29, 0.717) is 19.5 Å². The van der Waals surface area contributed by atoms with E-state index < -0.39 is 0 Å². The van der Waals surface area contributed by atoms with Crippen molar-refractivity contribution < 1.29 is 9.59 Å². The maximum atomic E-state index is 13.0. The van der Waals surface area contributed by atoms with Crippen LogP contribution in [0.15, 0.2) is 54.6 Å². The summed E-state index contributed by atoms with van der Waals surface area (Å²) >= 11 is 0. The molecule has 2 aliphatic rings. The van der Waals surface area contributed by atoms with E-state index >= 15 is 0 Å². The lowest BCUT2D eigenvalue weighted by Crippen LogP contribution is -2.50. The van der Waals surface area contributed by atoms with Crippen LogP contribution in [0, 0.1) is 12.8 Å². The fraction of sp³-hybridized carbons (Fsp3) is 0.391. The second kappa shape index (κ2) is 8.05. The summed E-state index contributed by atoms with van der Waals surface area (Å²) in [6.45, 7) is 6.28. The molecule has 1 atom stereocenters. The zero-order valence-corrected chi connectivity index (χ0v) is 16.4. The van der Waals surface area contributed by atoms with Gasteiger partial charge in [-0.3, -0.25) is 9.59 Å². The van der Waals surface area contributed by atoms with Crippen LogP contribution < -0.4 is 4.90 Å². The van der Waals surface area contributed by atoms with Crippen LogP contribution in [0.4, 0.5) is 5.69 Å². The van der Waals surface area contributed by atoms with E-state index in [1.807, 2.05) is 28.0 Å². The van der Waals surface area contributed by atoms with Gasteiger partial charge in [0.2, 0.25) is 11.8 Å². The van der Waals surface area contributed by atoms with E-state index in [0.717, 1.165) is 31.7 Å². The SMILES string of the molecule is Cc1ccc(CN2CC(C(=O)N3CCN(c4ccccc4)CC3)CC2=O)cc1. The van der Waals surface area contributed by atoms with Crippen LogP contribution in [0.5, 0.6) is 0 Å². The number of nitrogens with zero attached hydrogens (tertiary/aromatic N) is 3. The van der Waals surface area contributed by atoms with Gasteiger partial charge in [-0.2, -0.15) is 0 Å². The molecule has 0 aliphatic carbocycles. The van der Waals surface area contributed by atoms with Crippen molar-refractivity contribution in [1.29, 1.82) is 0 Å². The quantitative estimate of drug-likeness (QED) is 0.823. The molecular weight excluding hydrogens is 350 g/mol. The molecule has 2 saturated heterocycles. The summed E-state index contributed by atoms with van der Waals surface area (Å²) in [5, 5.41) is 0. The molecule has 2 heterocycles. The van der Waals surface area contributed by atoms with Crippen molar-refractivity contribution in [1.82, 2.24) is 9.80 Å². The average Bonchev–Trinajstić information content (AvgIpc) is 3.10. The summed E-state index contributed by atoms with van der Waals surface area (Å²) in [5.41, 5.74) is 3.53. The maximum absolute atomic E-state index is 13.0. The molecule has 5 heteroatoms. The Kier molecular flexibility index (Phi) is 5.33. The highest BCUT2D eigenvalue weighted by atomic mass is 16.2. The summed E-state index contributed by atoms with van der Waals surface area (Å²) in [7, 11) is 0. The van der Waals surface area contributed by atoms with E-state index in [2.05, 4.69) is 48.2 Å². The normalized spacial score (nSPS) is 20.0. The predicted molar refractivity (Wildman–Crippen MR) is 110 cm³/mol. The monoisotopic (exact) mass is 377 g/mol. The van der Waals surface area contributed by atoms with Gasteiger partial charge < -0.3 is 14.7 Å². The molecule has 2 amide bonds. The number of carbonyl (C=O) groups is 2. The van der Waals surface area contributed by atoms with Crippen LogP contribution in [0.3, 0.4) is 0 Å². The van der Waals surface area contributed by atoms with Crippen LogP contribution in [0.1, 0.15) is 17.5 Å². The standard InChI is InChI=1S/C23H27N3O2/c1-18-7-9-19(10-8-18)16-26-17-20(15-22(26)27)23(28)25-13-11-24(12-14-25)21-5-3-2-4-6-21/h2-10,20H,11-17H2,1H3. The van der Waals surface area contributed by atoms with Crippen LogP contribution in [0.25, 0.3) is 0 Å². The lowest BCUT2D eigenvalue weighted by Gasteiger charge is -2.37. The third-order valence-electron chi connectivity index (χ3n) is 5.77. The second-order valence-corrected chi connectivity index (χ2v) is 7.81. The summed E-state index contributed by atoms with van der Waals surface area (Å²) < 4.78 is 0. The fourth-order valence-corrected chi connectivity index (χ4v) is 4.09. The van der Waals surface area contributed by atoms with Crippen molar-refractivity contribution in [2.75, 3.05) is 37.6 Å². The molecular formula is C23H27N3O2. The first-order chi connectivity index (χ1) is 13.6. The van der Waals surface area contributed by atoms with Gasteiger partial charge in [-0.25, -0.2) is 0 Å². The largest absolute Gasteiger partial charge is 0.368 e. The topological polar surface area (TPSA) is 43.9 Å². The zero-order chi connectivity index (χ0) is 19.5. The van der Waals surface area contributed by atoms with Gasteiger partial charge in [-0.05, 0) is 24.6 Å². The minimum absolute atomic E-state index is 0.0850. The lowest BCUT2D eigenvalue weighted by atomic mass is 10.1. The average molecular weight is 377 g/mol. The van der Waals surface area contributed by atoms with E-state index in [1.165, 1.54) is 11.3 Å². The Morgan fingerprint density at radius 3 is 2.32 bits per heavy atom. The lowest BCUT2D eigenvalue weighted by molar-refractivity contribution is -0.136. The Bertz CT molecular complexity index is 827. The molecule has 4 rings (SSSR count). The molecule has 146 valence electrons. The molecule has 2 aliphatic heterocycles. The molecule has 1 unspecified atom stereocenters. The third-order valence-corrected chi connectivity index (χ3v) is 5.77. The number of likely N-dealkylation sites (tertiary alicyclic amines) is 1. The summed E-state index contributed by atoms with van der Waals surface area (Å²) in [6.07, 6.45) is 0.337. The highest BCUT2D eigenvalue weighted by molar-refractivity contribution is 5.89. The van der Waals surface area contributed by atoms with Gasteiger partial charge in [0.15, 0.2) is 0 Å². The van der Waals surface area contributed by atoms with Crippen LogP contribution in [-0.4, -0.2) is 54.3 Å². The first kappa shape index (κ1) is 18.5. The molecule has 0 radical (unpaired) electrons. The molecule has 2 aromatic carbocycles. The Hall–Kier alpha value is -2.82. The number of hydrogen-bond donors (Lipinski definition) is 0. The Balaban J connectivity index is 1.32. The van der Waals surface area contributed by atoms with Gasteiger partial charge in [0.1, 0.15) is 0 Å². The van der Waals surface area contributed by atoms with Gasteiger partial charge in [-0.15, -0.1) is 0 Å². The number of anilines is 1. The number of hydrogen-bond acceptors (Lipinski definition) is 3. The van der Waals surface area contributed by atoms with Crippen molar-refractivity contribution >= 4 is 17.5 Å². The minimum atomic E-state index is -0.207. The molecule has 28 heavy (non-hydrogen) atoms. The van der Waals surface area contributed by atoms with E-state index in [-0.39, 0.29) is 17.7 Å². The zero-order valence-electron chi connectivity index (χ0n) is 16.4. The van der Waals surface area contributed by atoms with Crippen LogP contribution in [0.2, 0.25) is 0 Å². The van der Waals surface area contributed by atoms with Gasteiger partial charge in [-0.1, -0.05) is 48.0 Å².